The summed E-state index contributed by atoms with van der Waals surface area (Å²) in [6.07, 6.45) is 10.7. The number of piperidine rings is 1. The number of hydrogen-bond acceptors (Lipinski definition) is 3. The lowest BCUT2D eigenvalue weighted by atomic mass is 10.0. The van der Waals surface area contributed by atoms with Crippen LogP contribution in [0.4, 0.5) is 0 Å². The number of carbonyl (C=O) groups is 2. The highest BCUT2D eigenvalue weighted by molar-refractivity contribution is 5.99. The fraction of sp³-hybridized carbons (Fsp3) is 0.667. The van der Waals surface area contributed by atoms with Crippen LogP contribution >= 0.6 is 0 Å². The molecule has 2 aliphatic rings. The lowest BCUT2D eigenvalue weighted by Crippen LogP contribution is -2.45. The Balaban J connectivity index is 2.02. The molecule has 6 heteroatoms. The maximum Gasteiger partial charge on any atom is 0.259 e. The molecule has 2 fully saturated rings. The molecule has 0 radical (unpaired) electrons. The molecule has 1 saturated carbocycles. The first-order valence-corrected chi connectivity index (χ1v) is 10.3. The predicted molar refractivity (Wildman–Crippen MR) is 105 cm³/mol. The molecular formula is C21H31N3O3. The standard InChI is InChI=1S/C21H31N3O3/c1-14(2)22-20(26)17-12-23(16-9-4-5-10-16)13-18(19(17)25)21(27)24-11-7-6-8-15(24)3/h12-16H,4-11H2,1-3H3,(H,22,26)/t15-/m0/s1. The van der Waals surface area contributed by atoms with Gasteiger partial charge in [0.15, 0.2) is 0 Å². The third kappa shape index (κ3) is 4.25. The first-order chi connectivity index (χ1) is 12.9. The molecule has 1 saturated heterocycles. The van der Waals surface area contributed by atoms with Gasteiger partial charge in [0.2, 0.25) is 5.43 Å². The van der Waals surface area contributed by atoms with Gasteiger partial charge in [0.05, 0.1) is 0 Å². The van der Waals surface area contributed by atoms with Crippen molar-refractivity contribution in [3.05, 3.63) is 33.7 Å². The maximum absolute atomic E-state index is 13.2. The van der Waals surface area contributed by atoms with Gasteiger partial charge in [-0.05, 0) is 52.9 Å². The molecule has 3 rings (SSSR count). The summed E-state index contributed by atoms with van der Waals surface area (Å²) in [6.45, 7) is 6.42. The monoisotopic (exact) mass is 373 g/mol. The zero-order valence-corrected chi connectivity index (χ0v) is 16.7. The topological polar surface area (TPSA) is 71.4 Å². The van der Waals surface area contributed by atoms with E-state index < -0.39 is 11.3 Å². The minimum absolute atomic E-state index is 0.0710. The van der Waals surface area contributed by atoms with Crippen LogP contribution in [0.15, 0.2) is 17.2 Å². The minimum Gasteiger partial charge on any atom is -0.350 e. The Kier molecular flexibility index (Phi) is 6.02. The van der Waals surface area contributed by atoms with Gasteiger partial charge < -0.3 is 14.8 Å². The molecular weight excluding hydrogens is 342 g/mol. The smallest absolute Gasteiger partial charge is 0.259 e. The van der Waals surface area contributed by atoms with Crippen molar-refractivity contribution in [2.75, 3.05) is 6.54 Å². The zero-order chi connectivity index (χ0) is 19.6. The molecule has 0 unspecified atom stereocenters. The fourth-order valence-corrected chi connectivity index (χ4v) is 4.22. The molecule has 1 aliphatic heterocycles. The molecule has 2 amide bonds. The molecule has 0 spiro atoms. The van der Waals surface area contributed by atoms with Crippen LogP contribution in [0.5, 0.6) is 0 Å². The quantitative estimate of drug-likeness (QED) is 0.881. The predicted octanol–water partition coefficient (Wildman–Crippen LogP) is 3.12. The van der Waals surface area contributed by atoms with Crippen molar-refractivity contribution in [2.24, 2.45) is 0 Å². The van der Waals surface area contributed by atoms with E-state index in [1.54, 1.807) is 17.3 Å². The average Bonchev–Trinajstić information content (AvgIpc) is 3.16. The second-order valence-electron chi connectivity index (χ2n) is 8.27. The highest BCUT2D eigenvalue weighted by atomic mass is 16.2. The number of pyridine rings is 1. The molecule has 2 heterocycles. The number of carbonyl (C=O) groups excluding carboxylic acids is 2. The van der Waals surface area contributed by atoms with E-state index in [4.69, 9.17) is 0 Å². The van der Waals surface area contributed by atoms with E-state index in [0.29, 0.717) is 6.54 Å². The van der Waals surface area contributed by atoms with E-state index in [1.807, 2.05) is 25.3 Å². The summed E-state index contributed by atoms with van der Waals surface area (Å²) in [5.41, 5.74) is -0.247. The Morgan fingerprint density at radius 3 is 2.30 bits per heavy atom. The van der Waals surface area contributed by atoms with Gasteiger partial charge in [0, 0.05) is 37.1 Å². The van der Waals surface area contributed by atoms with Crippen molar-refractivity contribution in [2.45, 2.75) is 83.8 Å². The van der Waals surface area contributed by atoms with Crippen LogP contribution in [0.2, 0.25) is 0 Å². The van der Waals surface area contributed by atoms with Gasteiger partial charge in [0.1, 0.15) is 11.1 Å². The van der Waals surface area contributed by atoms with Crippen LogP contribution in [-0.2, 0) is 0 Å². The van der Waals surface area contributed by atoms with Gasteiger partial charge in [-0.3, -0.25) is 14.4 Å². The van der Waals surface area contributed by atoms with Crippen LogP contribution in [-0.4, -0.2) is 39.9 Å². The number of nitrogens with one attached hydrogen (secondary N) is 1. The molecule has 1 aliphatic carbocycles. The van der Waals surface area contributed by atoms with E-state index in [-0.39, 0.29) is 35.2 Å². The highest BCUT2D eigenvalue weighted by Gasteiger charge is 2.29. The first kappa shape index (κ1) is 19.6. The summed E-state index contributed by atoms with van der Waals surface area (Å²) in [4.78, 5) is 40.6. The summed E-state index contributed by atoms with van der Waals surface area (Å²) >= 11 is 0. The molecule has 1 aromatic heterocycles. The number of aromatic nitrogens is 1. The third-order valence-corrected chi connectivity index (χ3v) is 5.75. The highest BCUT2D eigenvalue weighted by Crippen LogP contribution is 2.29. The SMILES string of the molecule is CC(C)NC(=O)c1cn(C2CCCC2)cc(C(=O)N2CCCC[C@@H]2C)c1=O. The van der Waals surface area contributed by atoms with E-state index in [0.717, 1.165) is 44.9 Å². The van der Waals surface area contributed by atoms with Crippen molar-refractivity contribution >= 4 is 11.8 Å². The second-order valence-corrected chi connectivity index (χ2v) is 8.27. The molecule has 0 bridgehead atoms. The van der Waals surface area contributed by atoms with Crippen molar-refractivity contribution in [3.63, 3.8) is 0 Å². The Morgan fingerprint density at radius 1 is 1.04 bits per heavy atom. The summed E-state index contributed by atoms with van der Waals surface area (Å²) in [5.74, 6) is -0.638. The Morgan fingerprint density at radius 2 is 1.67 bits per heavy atom. The van der Waals surface area contributed by atoms with Gasteiger partial charge in [-0.25, -0.2) is 0 Å². The van der Waals surface area contributed by atoms with E-state index in [2.05, 4.69) is 5.32 Å². The van der Waals surface area contributed by atoms with Crippen LogP contribution < -0.4 is 10.7 Å². The molecule has 0 aromatic carbocycles. The number of amides is 2. The summed E-state index contributed by atoms with van der Waals surface area (Å²) in [6, 6.07) is 0.304. The molecule has 1 N–H and O–H groups in total. The van der Waals surface area contributed by atoms with Crippen molar-refractivity contribution in [1.29, 1.82) is 0 Å². The largest absolute Gasteiger partial charge is 0.350 e. The number of nitrogens with zero attached hydrogens (tertiary/aromatic N) is 2. The minimum atomic E-state index is -0.454. The van der Waals surface area contributed by atoms with Gasteiger partial charge >= 0.3 is 0 Å². The lowest BCUT2D eigenvalue weighted by molar-refractivity contribution is 0.0633. The Hall–Kier alpha value is -2.11. The van der Waals surface area contributed by atoms with Crippen molar-refractivity contribution in [1.82, 2.24) is 14.8 Å². The summed E-state index contributed by atoms with van der Waals surface area (Å²) in [7, 11) is 0. The number of hydrogen-bond donors (Lipinski definition) is 1. The van der Waals surface area contributed by atoms with Gasteiger partial charge in [-0.2, -0.15) is 0 Å². The summed E-state index contributed by atoms with van der Waals surface area (Å²) < 4.78 is 1.94. The number of rotatable bonds is 4. The lowest BCUT2D eigenvalue weighted by Gasteiger charge is -2.33. The number of likely N-dealkylation sites (tertiary alicyclic amines) is 1. The van der Waals surface area contributed by atoms with Crippen molar-refractivity contribution in [3.8, 4) is 0 Å². The molecule has 1 aromatic rings. The molecule has 6 nitrogen and oxygen atoms in total. The van der Waals surface area contributed by atoms with Crippen LogP contribution in [0.25, 0.3) is 0 Å². The van der Waals surface area contributed by atoms with Crippen LogP contribution in [0.3, 0.4) is 0 Å². The van der Waals surface area contributed by atoms with Gasteiger partial charge in [-0.1, -0.05) is 12.8 Å². The first-order valence-electron chi connectivity index (χ1n) is 10.3. The second kappa shape index (κ2) is 8.28. The molecule has 27 heavy (non-hydrogen) atoms. The van der Waals surface area contributed by atoms with Crippen molar-refractivity contribution < 1.29 is 9.59 Å². The normalized spacial score (nSPS) is 20.9. The van der Waals surface area contributed by atoms with Crippen LogP contribution in [0, 0.1) is 0 Å². The Labute approximate surface area is 160 Å². The maximum atomic E-state index is 13.2. The van der Waals surface area contributed by atoms with Gasteiger partial charge in [0.25, 0.3) is 11.8 Å². The van der Waals surface area contributed by atoms with E-state index in [1.165, 1.54) is 0 Å². The van der Waals surface area contributed by atoms with Gasteiger partial charge in [-0.15, -0.1) is 0 Å². The molecule has 1 atom stereocenters. The van der Waals surface area contributed by atoms with E-state index >= 15 is 0 Å². The molecule has 148 valence electrons. The zero-order valence-electron chi connectivity index (χ0n) is 16.7. The average molecular weight is 373 g/mol. The van der Waals surface area contributed by atoms with E-state index in [9.17, 15) is 14.4 Å². The fourth-order valence-electron chi connectivity index (χ4n) is 4.22. The Bertz CT molecular complexity index is 762. The summed E-state index contributed by atoms with van der Waals surface area (Å²) in [5, 5.41) is 2.79. The third-order valence-electron chi connectivity index (χ3n) is 5.75. The van der Waals surface area contributed by atoms with Crippen LogP contribution in [0.1, 0.15) is 92.5 Å².